The van der Waals surface area contributed by atoms with E-state index in [0.717, 1.165) is 5.56 Å². The van der Waals surface area contributed by atoms with Gasteiger partial charge in [0, 0.05) is 16.3 Å². The van der Waals surface area contributed by atoms with Gasteiger partial charge in [0.15, 0.2) is 11.5 Å². The van der Waals surface area contributed by atoms with E-state index in [9.17, 15) is 9.59 Å². The van der Waals surface area contributed by atoms with Gasteiger partial charge in [-0.3, -0.25) is 9.59 Å². The Hall–Kier alpha value is -2.93. The van der Waals surface area contributed by atoms with Crippen LogP contribution in [0.3, 0.4) is 0 Å². The maximum absolute atomic E-state index is 12.3. The molecule has 8 heteroatoms. The molecule has 0 unspecified atom stereocenters. The van der Waals surface area contributed by atoms with Gasteiger partial charge in [-0.1, -0.05) is 23.7 Å². The molecule has 0 aliphatic rings. The van der Waals surface area contributed by atoms with Crippen LogP contribution in [0.5, 0.6) is 17.2 Å². The Morgan fingerprint density at radius 2 is 1.68 bits per heavy atom. The van der Waals surface area contributed by atoms with E-state index in [1.807, 2.05) is 0 Å². The van der Waals surface area contributed by atoms with Crippen LogP contribution in [0.15, 0.2) is 30.3 Å². The lowest BCUT2D eigenvalue weighted by molar-refractivity contribution is -0.123. The topological polar surface area (TPSA) is 85.9 Å². The molecule has 0 saturated heterocycles. The van der Waals surface area contributed by atoms with Gasteiger partial charge < -0.3 is 24.8 Å². The van der Waals surface area contributed by atoms with Crippen LogP contribution in [0.1, 0.15) is 11.1 Å². The van der Waals surface area contributed by atoms with E-state index in [0.29, 0.717) is 33.5 Å². The molecule has 0 bridgehead atoms. The van der Waals surface area contributed by atoms with Crippen molar-refractivity contribution in [1.29, 1.82) is 0 Å². The number of halogens is 1. The molecule has 0 heterocycles. The third kappa shape index (κ3) is 5.07. The summed E-state index contributed by atoms with van der Waals surface area (Å²) in [4.78, 5) is 24.4. The largest absolute Gasteiger partial charge is 0.493 e. The van der Waals surface area contributed by atoms with Crippen LogP contribution in [-0.4, -0.2) is 39.7 Å². The van der Waals surface area contributed by atoms with Gasteiger partial charge in [0.25, 0.3) is 0 Å². The number of rotatable bonds is 8. The Morgan fingerprint density at radius 3 is 2.32 bits per heavy atom. The summed E-state index contributed by atoms with van der Waals surface area (Å²) in [7, 11) is 4.50. The molecule has 2 rings (SSSR count). The van der Waals surface area contributed by atoms with Gasteiger partial charge >= 0.3 is 0 Å². The van der Waals surface area contributed by atoms with Crippen molar-refractivity contribution >= 4 is 29.1 Å². The quantitative estimate of drug-likeness (QED) is 0.703. The highest BCUT2D eigenvalue weighted by Gasteiger charge is 2.18. The number of benzene rings is 2. The van der Waals surface area contributed by atoms with E-state index in [1.165, 1.54) is 21.3 Å². The van der Waals surface area contributed by atoms with Crippen LogP contribution >= 0.6 is 11.6 Å². The van der Waals surface area contributed by atoms with Crippen molar-refractivity contribution in [3.8, 4) is 17.2 Å². The number of hydrogen-bond acceptors (Lipinski definition) is 5. The van der Waals surface area contributed by atoms with E-state index in [2.05, 4.69) is 10.6 Å². The first kappa shape index (κ1) is 21.4. The lowest BCUT2D eigenvalue weighted by atomic mass is 10.1. The van der Waals surface area contributed by atoms with Gasteiger partial charge in [0.05, 0.1) is 34.3 Å². The number of amides is 2. The highest BCUT2D eigenvalue weighted by Crippen LogP contribution is 2.39. The second-order valence-electron chi connectivity index (χ2n) is 5.91. The van der Waals surface area contributed by atoms with Crippen molar-refractivity contribution in [1.82, 2.24) is 5.32 Å². The van der Waals surface area contributed by atoms with Gasteiger partial charge in [-0.25, -0.2) is 0 Å². The summed E-state index contributed by atoms with van der Waals surface area (Å²) in [5.41, 5.74) is 1.98. The second-order valence-corrected chi connectivity index (χ2v) is 6.31. The Kier molecular flexibility index (Phi) is 7.52. The minimum absolute atomic E-state index is 0.0208. The number of carbonyl (C=O) groups excluding carboxylic acids is 2. The van der Waals surface area contributed by atoms with Crippen LogP contribution in [0.2, 0.25) is 5.02 Å². The standard InChI is InChI=1S/C20H23ClN2O5/c1-12-14(21)6-5-7-15(12)23-18(25)11-22-17(24)10-13-8-9-16(26-2)20(28-4)19(13)27-3/h5-9H,10-11H2,1-4H3,(H,22,24)(H,23,25). The molecule has 0 fully saturated rings. The number of hydrogen-bond donors (Lipinski definition) is 2. The molecule has 2 aromatic carbocycles. The zero-order valence-corrected chi connectivity index (χ0v) is 17.0. The minimum atomic E-state index is -0.349. The third-order valence-corrected chi connectivity index (χ3v) is 4.53. The van der Waals surface area contributed by atoms with Crippen molar-refractivity contribution in [2.75, 3.05) is 33.2 Å². The van der Waals surface area contributed by atoms with E-state index >= 15 is 0 Å². The number of ether oxygens (including phenoxy) is 3. The van der Waals surface area contributed by atoms with Crippen LogP contribution in [0, 0.1) is 6.92 Å². The van der Waals surface area contributed by atoms with Crippen LogP contribution < -0.4 is 24.8 Å². The second kappa shape index (κ2) is 9.85. The maximum atomic E-state index is 12.3. The molecular weight excluding hydrogens is 384 g/mol. The van der Waals surface area contributed by atoms with Gasteiger partial charge in [0.2, 0.25) is 17.6 Å². The number of carbonyl (C=O) groups is 2. The summed E-state index contributed by atoms with van der Waals surface area (Å²) in [5.74, 6) is 0.640. The molecule has 0 saturated carbocycles. The van der Waals surface area contributed by atoms with E-state index in [-0.39, 0.29) is 24.8 Å². The summed E-state index contributed by atoms with van der Waals surface area (Å²) in [6.45, 7) is 1.64. The molecule has 0 atom stereocenters. The Labute approximate surface area is 168 Å². The highest BCUT2D eigenvalue weighted by atomic mass is 35.5. The minimum Gasteiger partial charge on any atom is -0.493 e. The average Bonchev–Trinajstić information content (AvgIpc) is 2.69. The zero-order chi connectivity index (χ0) is 20.7. The molecular formula is C20H23ClN2O5. The van der Waals surface area contributed by atoms with Crippen molar-refractivity contribution in [2.45, 2.75) is 13.3 Å². The molecule has 2 aromatic rings. The van der Waals surface area contributed by atoms with Gasteiger partial charge in [-0.2, -0.15) is 0 Å². The number of methoxy groups -OCH3 is 3. The van der Waals surface area contributed by atoms with E-state index in [4.69, 9.17) is 25.8 Å². The SMILES string of the molecule is COc1ccc(CC(=O)NCC(=O)Nc2cccc(Cl)c2C)c(OC)c1OC. The lowest BCUT2D eigenvalue weighted by Gasteiger charge is -2.15. The maximum Gasteiger partial charge on any atom is 0.243 e. The molecule has 150 valence electrons. The molecule has 2 N–H and O–H groups in total. The fraction of sp³-hybridized carbons (Fsp3) is 0.300. The molecule has 0 aliphatic carbocycles. The summed E-state index contributed by atoms with van der Waals surface area (Å²) < 4.78 is 15.9. The molecule has 0 radical (unpaired) electrons. The Morgan fingerprint density at radius 1 is 0.964 bits per heavy atom. The third-order valence-electron chi connectivity index (χ3n) is 4.12. The van der Waals surface area contributed by atoms with Crippen LogP contribution in [0.4, 0.5) is 5.69 Å². The Bertz CT molecular complexity index is 870. The van der Waals surface area contributed by atoms with E-state index < -0.39 is 0 Å². The summed E-state index contributed by atoms with van der Waals surface area (Å²) in [6.07, 6.45) is 0.0208. The smallest absolute Gasteiger partial charge is 0.243 e. The van der Waals surface area contributed by atoms with Crippen LogP contribution in [-0.2, 0) is 16.0 Å². The first-order valence-electron chi connectivity index (χ1n) is 8.50. The van der Waals surface area contributed by atoms with Gasteiger partial charge in [-0.05, 0) is 30.7 Å². The predicted molar refractivity (Wildman–Crippen MR) is 108 cm³/mol. The van der Waals surface area contributed by atoms with Crippen LogP contribution in [0.25, 0.3) is 0 Å². The monoisotopic (exact) mass is 406 g/mol. The number of anilines is 1. The fourth-order valence-corrected chi connectivity index (χ4v) is 2.83. The van der Waals surface area contributed by atoms with Gasteiger partial charge in [0.1, 0.15) is 0 Å². The lowest BCUT2D eigenvalue weighted by Crippen LogP contribution is -2.34. The number of nitrogens with one attached hydrogen (secondary N) is 2. The predicted octanol–water partition coefficient (Wildman–Crippen LogP) is 2.97. The molecule has 0 spiro atoms. The molecule has 28 heavy (non-hydrogen) atoms. The van der Waals surface area contributed by atoms with Crippen molar-refractivity contribution < 1.29 is 23.8 Å². The molecule has 0 aliphatic heterocycles. The first-order chi connectivity index (χ1) is 13.4. The normalized spacial score (nSPS) is 10.2. The average molecular weight is 407 g/mol. The van der Waals surface area contributed by atoms with Crippen molar-refractivity contribution in [2.24, 2.45) is 0 Å². The summed E-state index contributed by atoms with van der Waals surface area (Å²) in [6, 6.07) is 8.64. The van der Waals surface area contributed by atoms with Crippen molar-refractivity contribution in [3.05, 3.63) is 46.5 Å². The zero-order valence-electron chi connectivity index (χ0n) is 16.2. The molecule has 7 nitrogen and oxygen atoms in total. The molecule has 0 aromatic heterocycles. The first-order valence-corrected chi connectivity index (χ1v) is 8.88. The Balaban J connectivity index is 1.99. The van der Waals surface area contributed by atoms with Crippen molar-refractivity contribution in [3.63, 3.8) is 0 Å². The van der Waals surface area contributed by atoms with E-state index in [1.54, 1.807) is 37.3 Å². The van der Waals surface area contributed by atoms with Gasteiger partial charge in [-0.15, -0.1) is 0 Å². The highest BCUT2D eigenvalue weighted by molar-refractivity contribution is 6.31. The molecule has 2 amide bonds. The summed E-state index contributed by atoms with van der Waals surface area (Å²) >= 11 is 6.04. The fourth-order valence-electron chi connectivity index (χ4n) is 2.65. The summed E-state index contributed by atoms with van der Waals surface area (Å²) in [5, 5.41) is 5.88.